The summed E-state index contributed by atoms with van der Waals surface area (Å²) < 4.78 is 0. The van der Waals surface area contributed by atoms with Crippen LogP contribution in [0.4, 0.5) is 11.4 Å². The zero-order chi connectivity index (χ0) is 30.6. The molecule has 0 saturated carbocycles. The molecule has 0 saturated heterocycles. The van der Waals surface area contributed by atoms with Crippen molar-refractivity contribution < 1.29 is 22.5 Å². The van der Waals surface area contributed by atoms with E-state index in [9.17, 15) is 15.0 Å². The van der Waals surface area contributed by atoms with Crippen LogP contribution < -0.4 is 15.9 Å². The quantitative estimate of drug-likeness (QED) is 0.104. The van der Waals surface area contributed by atoms with Crippen molar-refractivity contribution in [1.82, 2.24) is 9.97 Å². The molecule has 0 atom stereocenters. The number of rotatable bonds is 4. The van der Waals surface area contributed by atoms with E-state index in [1.165, 1.54) is 24.6 Å². The number of hydrogen-bond acceptors (Lipinski definition) is 5. The molecular formula is C29H18I5N4NiO3-2. The summed E-state index contributed by atoms with van der Waals surface area (Å²) in [5, 5.41) is 28.7. The van der Waals surface area contributed by atoms with E-state index in [1.807, 2.05) is 48.5 Å². The number of H-pyrrole nitrogens is 2. The first-order chi connectivity index (χ1) is 20.6. The van der Waals surface area contributed by atoms with Gasteiger partial charge >= 0.3 is 38.5 Å². The molecule has 0 fully saturated rings. The van der Waals surface area contributed by atoms with Gasteiger partial charge in [0.15, 0.2) is 0 Å². The number of fused-ring (bicyclic) bond motifs is 3. The fraction of sp³-hybridized carbons (Fsp3) is 0. The van der Waals surface area contributed by atoms with Crippen molar-refractivity contribution in [2.75, 3.05) is 0 Å². The van der Waals surface area contributed by atoms with Gasteiger partial charge in [-0.25, -0.2) is 4.79 Å². The molecule has 1 aromatic heterocycles. The summed E-state index contributed by atoms with van der Waals surface area (Å²) >= 11 is 14.1. The van der Waals surface area contributed by atoms with Crippen LogP contribution in [0.5, 0.6) is 11.5 Å². The first-order valence-electron chi connectivity index (χ1n) is 11.7. The molecule has 1 heterocycles. The molecule has 0 aliphatic carbocycles. The maximum absolute atomic E-state index is 12.6. The Bertz CT molecular complexity index is 1790. The molecule has 2 N–H and O–H groups in total. The number of aromatic amines is 2. The first-order valence-corrected chi connectivity index (χ1v) is 27.4. The molecule has 5 aromatic carbocycles. The van der Waals surface area contributed by atoms with Crippen LogP contribution in [0.1, 0.15) is 11.1 Å². The van der Waals surface area contributed by atoms with Crippen LogP contribution in [-0.2, 0) is 12.3 Å². The molecule has 0 aliphatic rings. The number of nitrogens with zero attached hydrogens (tertiary/aromatic N) is 2. The molecule has 0 amide bonds. The molecule has 0 aliphatic heterocycles. The SMILES string of the molecule is II.II.O=c1[nH]c2cc(N=Cc3c([O-])ccc4ccccc34)c(N=Cc3c([O-])ccc4ccccc34)cc2[nH]1.[Ni][I]. The molecule has 0 bridgehead atoms. The topological polar surface area (TPSA) is 119 Å². The summed E-state index contributed by atoms with van der Waals surface area (Å²) in [5.41, 5.74) is 2.56. The number of benzene rings is 5. The van der Waals surface area contributed by atoms with Crippen LogP contribution in [0.3, 0.4) is 0 Å². The van der Waals surface area contributed by atoms with E-state index in [1.54, 1.807) is 44.8 Å². The minimum atomic E-state index is -0.354. The number of nitrogens with one attached hydrogen (secondary N) is 2. The van der Waals surface area contributed by atoms with Gasteiger partial charge in [-0.3, -0.25) is 9.98 Å². The second kappa shape index (κ2) is 18.1. The van der Waals surface area contributed by atoms with Gasteiger partial charge in [-0.15, -0.1) is 0 Å². The van der Waals surface area contributed by atoms with Gasteiger partial charge in [0, 0.05) is 86.9 Å². The maximum atomic E-state index is 12.6. The van der Waals surface area contributed by atoms with Gasteiger partial charge in [-0.1, -0.05) is 84.3 Å². The summed E-state index contributed by atoms with van der Waals surface area (Å²) in [6.45, 7) is 0. The number of aliphatic imine (C=N–C) groups is 2. The van der Waals surface area contributed by atoms with Crippen molar-refractivity contribution in [3.63, 3.8) is 0 Å². The first kappa shape index (κ1) is 35.5. The molecule has 7 nitrogen and oxygen atoms in total. The Hall–Kier alpha value is -1.03. The molecule has 219 valence electrons. The van der Waals surface area contributed by atoms with Crippen LogP contribution in [0.2, 0.25) is 0 Å². The van der Waals surface area contributed by atoms with Gasteiger partial charge in [0.05, 0.1) is 22.4 Å². The third-order valence-electron chi connectivity index (χ3n) is 6.14. The van der Waals surface area contributed by atoms with E-state index in [2.05, 4.69) is 107 Å². The number of imidazole rings is 1. The van der Waals surface area contributed by atoms with Crippen molar-refractivity contribution in [3.05, 3.63) is 107 Å². The molecule has 0 spiro atoms. The predicted octanol–water partition coefficient (Wildman–Crippen LogP) is 9.24. The van der Waals surface area contributed by atoms with E-state index in [4.69, 9.17) is 0 Å². The Morgan fingerprint density at radius 3 is 1.40 bits per heavy atom. The molecule has 0 radical (unpaired) electrons. The van der Waals surface area contributed by atoms with E-state index in [-0.39, 0.29) is 17.2 Å². The van der Waals surface area contributed by atoms with Gasteiger partial charge in [0.1, 0.15) is 0 Å². The Morgan fingerprint density at radius 1 is 0.619 bits per heavy atom. The van der Waals surface area contributed by atoms with Gasteiger partial charge in [-0.05, 0) is 44.8 Å². The molecule has 13 heteroatoms. The Morgan fingerprint density at radius 2 is 1.00 bits per heavy atom. The number of aromatic nitrogens is 2. The van der Waals surface area contributed by atoms with Crippen LogP contribution in [0.25, 0.3) is 32.6 Å². The van der Waals surface area contributed by atoms with Gasteiger partial charge in [0.25, 0.3) is 0 Å². The average molecular weight is 1160 g/mol. The summed E-state index contributed by atoms with van der Waals surface area (Å²) in [7, 11) is 0. The standard InChI is InChI=1S/C29H20N4O3.2I2.HI.Ni/c34-27-11-9-17-5-1-3-7-19(17)21(27)15-30-23-13-25-26(33-29(36)32-25)14-24(23)31-16-22-20-8-4-2-6-18(20)10-12-28(22)35;2*1-2;;/h1-16,34-35H,(H2,32,33,36);;;1H;/q;;;;+1/p-3. The number of halogens is 5. The van der Waals surface area contributed by atoms with Crippen molar-refractivity contribution in [1.29, 1.82) is 0 Å². The summed E-state index contributed by atoms with van der Waals surface area (Å²) in [5.74, 6) is -0.296. The normalized spacial score (nSPS) is 10.7. The van der Waals surface area contributed by atoms with Crippen LogP contribution in [-0.4, -0.2) is 22.4 Å². The van der Waals surface area contributed by atoms with Crippen LogP contribution in [0, 0.1) is 0 Å². The summed E-state index contributed by atoms with van der Waals surface area (Å²) in [6, 6.07) is 25.2. The zero-order valence-corrected chi connectivity index (χ0v) is 32.8. The predicted molar refractivity (Wildman–Crippen MR) is 210 cm³/mol. The average Bonchev–Trinajstić information content (AvgIpc) is 3.41. The second-order valence-electron chi connectivity index (χ2n) is 8.38. The molecular weight excluding hydrogens is 1150 g/mol. The molecule has 6 aromatic rings. The van der Waals surface area contributed by atoms with Gasteiger partial charge < -0.3 is 20.2 Å². The van der Waals surface area contributed by atoms with Crippen molar-refractivity contribution in [2.24, 2.45) is 9.98 Å². The van der Waals surface area contributed by atoms with Gasteiger partial charge in [-0.2, -0.15) is 0 Å². The zero-order valence-electron chi connectivity index (χ0n) is 21.1. The van der Waals surface area contributed by atoms with E-state index in [0.717, 1.165) is 21.5 Å². The Balaban J connectivity index is 0.000000760. The molecule has 0 unspecified atom stereocenters. The fourth-order valence-corrected chi connectivity index (χ4v) is 4.35. The van der Waals surface area contributed by atoms with E-state index >= 15 is 0 Å². The second-order valence-corrected chi connectivity index (χ2v) is 8.38. The van der Waals surface area contributed by atoms with Crippen LogP contribution in [0.15, 0.2) is 99.7 Å². The van der Waals surface area contributed by atoms with E-state index in [0.29, 0.717) is 33.5 Å². The molecule has 6 rings (SSSR count). The summed E-state index contributed by atoms with van der Waals surface area (Å²) in [6.07, 6.45) is 3.04. The van der Waals surface area contributed by atoms with E-state index < -0.39 is 0 Å². The fourth-order valence-electron chi connectivity index (χ4n) is 4.35. The van der Waals surface area contributed by atoms with Crippen molar-refractivity contribution in [3.8, 4) is 11.5 Å². The van der Waals surface area contributed by atoms with Gasteiger partial charge in [0.2, 0.25) is 0 Å². The third-order valence-corrected chi connectivity index (χ3v) is 6.14. The Labute approximate surface area is 307 Å². The molecule has 42 heavy (non-hydrogen) atoms. The minimum absolute atomic E-state index is 0.148. The third kappa shape index (κ3) is 8.57. The monoisotopic (exact) mass is 1160 g/mol. The van der Waals surface area contributed by atoms with Crippen molar-refractivity contribution >= 4 is 151 Å². The Kier molecular flexibility index (Phi) is 15.2. The number of hydrogen-bond donors (Lipinski definition) is 2. The van der Waals surface area contributed by atoms with Crippen molar-refractivity contribution in [2.45, 2.75) is 0 Å². The summed E-state index contributed by atoms with van der Waals surface area (Å²) in [4.78, 5) is 26.5. The van der Waals surface area contributed by atoms with Crippen LogP contribution >= 0.6 is 94.9 Å².